The third kappa shape index (κ3) is 3.48. The summed E-state index contributed by atoms with van der Waals surface area (Å²) >= 11 is 1.37. The lowest BCUT2D eigenvalue weighted by molar-refractivity contribution is 0.0655. The zero-order valence-corrected chi connectivity index (χ0v) is 21.8. The Balaban J connectivity index is 1.24. The van der Waals surface area contributed by atoms with Gasteiger partial charge in [0.05, 0.1) is 16.0 Å². The number of pyridine rings is 1. The van der Waals surface area contributed by atoms with E-state index in [9.17, 15) is 14.7 Å². The molecule has 1 saturated carbocycles. The molecule has 3 aliphatic heterocycles. The summed E-state index contributed by atoms with van der Waals surface area (Å²) in [6.45, 7) is 3.60. The first-order valence-corrected chi connectivity index (χ1v) is 13.9. The van der Waals surface area contributed by atoms with E-state index in [1.54, 1.807) is 10.6 Å². The van der Waals surface area contributed by atoms with Crippen molar-refractivity contribution in [3.63, 3.8) is 0 Å². The number of likely N-dealkylation sites (tertiary alicyclic amines) is 2. The first-order chi connectivity index (χ1) is 17.8. The molecule has 37 heavy (non-hydrogen) atoms. The van der Waals surface area contributed by atoms with Crippen LogP contribution in [0.2, 0.25) is 0 Å². The molecular weight excluding hydrogens is 490 g/mol. The lowest BCUT2D eigenvalue weighted by Crippen LogP contribution is -2.48. The number of carbonyl (C=O) groups is 1. The highest BCUT2D eigenvalue weighted by molar-refractivity contribution is 7.20. The molecule has 1 aliphatic carbocycles. The Hall–Kier alpha value is -2.86. The molecule has 3 aromatic heterocycles. The number of fused-ring (bicyclic) bond motifs is 5. The van der Waals surface area contributed by atoms with Gasteiger partial charge in [-0.25, -0.2) is 9.97 Å². The Morgan fingerprint density at radius 3 is 2.73 bits per heavy atom. The first-order valence-electron chi connectivity index (χ1n) is 13.1. The number of piperazine rings is 1. The summed E-state index contributed by atoms with van der Waals surface area (Å²) in [5.74, 6) is 0.548. The van der Waals surface area contributed by atoms with Gasteiger partial charge in [-0.1, -0.05) is 6.42 Å². The Morgan fingerprint density at radius 2 is 2.00 bits per heavy atom. The number of likely N-dealkylation sites (N-methyl/N-ethyl adjacent to an activating group) is 1. The molecule has 1 spiro atoms. The maximum atomic E-state index is 13.8. The van der Waals surface area contributed by atoms with Gasteiger partial charge in [0.15, 0.2) is 0 Å². The van der Waals surface area contributed by atoms with E-state index in [4.69, 9.17) is 0 Å². The predicted octanol–water partition coefficient (Wildman–Crippen LogP) is 2.64. The number of aliphatic hydroxyl groups excluding tert-OH is 1. The molecule has 3 fully saturated rings. The van der Waals surface area contributed by atoms with Gasteiger partial charge in [-0.2, -0.15) is 0 Å². The monoisotopic (exact) mass is 521 g/mol. The van der Waals surface area contributed by atoms with Crippen LogP contribution in [0.1, 0.15) is 65.7 Å². The van der Waals surface area contributed by atoms with Gasteiger partial charge in [-0.3, -0.25) is 24.4 Å². The predicted molar refractivity (Wildman–Crippen MR) is 141 cm³/mol. The molecule has 4 aliphatic rings. The topological polar surface area (TPSA) is 116 Å². The number of carbonyl (C=O) groups excluding carboxylic acids is 1. The second-order valence-electron chi connectivity index (χ2n) is 11.0. The van der Waals surface area contributed by atoms with Gasteiger partial charge in [0, 0.05) is 25.2 Å². The van der Waals surface area contributed by atoms with Crippen molar-refractivity contribution in [3.05, 3.63) is 44.9 Å². The molecule has 7 rings (SSSR count). The molecule has 1 amide bonds. The lowest BCUT2D eigenvalue weighted by atomic mass is 9.89. The Labute approximate surface area is 218 Å². The molecule has 10 nitrogen and oxygen atoms in total. The van der Waals surface area contributed by atoms with Crippen LogP contribution in [0.5, 0.6) is 0 Å². The van der Waals surface area contributed by atoms with E-state index in [2.05, 4.69) is 32.5 Å². The van der Waals surface area contributed by atoms with Crippen molar-refractivity contribution >= 4 is 39.0 Å². The summed E-state index contributed by atoms with van der Waals surface area (Å²) in [4.78, 5) is 41.7. The minimum atomic E-state index is -0.864. The van der Waals surface area contributed by atoms with Crippen LogP contribution in [0.15, 0.2) is 23.3 Å². The summed E-state index contributed by atoms with van der Waals surface area (Å²) in [6.07, 6.45) is 6.40. The number of hydrogen-bond donors (Lipinski definition) is 3. The van der Waals surface area contributed by atoms with Gasteiger partial charge >= 0.3 is 0 Å². The third-order valence-electron chi connectivity index (χ3n) is 8.78. The van der Waals surface area contributed by atoms with Crippen LogP contribution in [0.4, 0.5) is 11.5 Å². The van der Waals surface area contributed by atoms with E-state index in [0.29, 0.717) is 32.9 Å². The summed E-state index contributed by atoms with van der Waals surface area (Å²) in [5.41, 5.74) is 1.14. The summed E-state index contributed by atoms with van der Waals surface area (Å²) in [5, 5.41) is 18.1. The second kappa shape index (κ2) is 8.32. The summed E-state index contributed by atoms with van der Waals surface area (Å²) in [6, 6.07) is 4.34. The normalized spacial score (nSPS) is 26.4. The standard InChI is InChI=1S/C26H31N7O3S/c1-14-8-18(24(35)33-20(14)22(34)30-26(33)6-4-3-5-7-26)29-21-17-10-19(37-23(17)28-13-27-21)25(36)32-12-15-9-16(32)11-31(15)2/h8,10,13,15-16,22,30,34H,3-7,9,11-12H2,1-2H3,(H,27,28,29)/t15-,16-,22?/m0/s1. The van der Waals surface area contributed by atoms with Crippen LogP contribution in [0.25, 0.3) is 10.2 Å². The SMILES string of the molecule is Cc1cc(Nc2ncnc3sc(C(=O)N4C[C@@H]5C[C@H]4CN5C)cc23)c(=O)n2c1C(O)NC21CCCCC1. The minimum Gasteiger partial charge on any atom is -0.373 e. The maximum absolute atomic E-state index is 13.8. The molecule has 0 aromatic carbocycles. The lowest BCUT2D eigenvalue weighted by Gasteiger charge is -2.36. The molecule has 0 radical (unpaired) electrons. The highest BCUT2D eigenvalue weighted by Gasteiger charge is 2.46. The molecule has 3 aromatic rings. The third-order valence-corrected chi connectivity index (χ3v) is 9.81. The Kier molecular flexibility index (Phi) is 5.23. The maximum Gasteiger partial charge on any atom is 0.276 e. The van der Waals surface area contributed by atoms with Gasteiger partial charge in [-0.15, -0.1) is 11.3 Å². The van der Waals surface area contributed by atoms with Gasteiger partial charge in [0.1, 0.15) is 34.6 Å². The van der Waals surface area contributed by atoms with E-state index >= 15 is 0 Å². The fraction of sp³-hybridized carbons (Fsp3) is 0.538. The van der Waals surface area contributed by atoms with Crippen LogP contribution in [0.3, 0.4) is 0 Å². The number of nitrogens with zero attached hydrogens (tertiary/aromatic N) is 5. The van der Waals surface area contributed by atoms with E-state index < -0.39 is 11.9 Å². The van der Waals surface area contributed by atoms with E-state index in [1.165, 1.54) is 17.7 Å². The molecule has 2 saturated heterocycles. The zero-order valence-electron chi connectivity index (χ0n) is 21.0. The van der Waals surface area contributed by atoms with Gasteiger partial charge < -0.3 is 15.3 Å². The van der Waals surface area contributed by atoms with Crippen molar-refractivity contribution in [1.82, 2.24) is 29.7 Å². The van der Waals surface area contributed by atoms with Crippen LogP contribution in [0, 0.1) is 6.92 Å². The van der Waals surface area contributed by atoms with Crippen molar-refractivity contribution in [3.8, 4) is 0 Å². The van der Waals surface area contributed by atoms with Gasteiger partial charge in [-0.05, 0) is 63.8 Å². The Morgan fingerprint density at radius 1 is 1.19 bits per heavy atom. The van der Waals surface area contributed by atoms with E-state index in [0.717, 1.165) is 62.6 Å². The second-order valence-corrected chi connectivity index (χ2v) is 12.1. The highest BCUT2D eigenvalue weighted by atomic mass is 32.1. The van der Waals surface area contributed by atoms with Crippen LogP contribution < -0.4 is 16.2 Å². The van der Waals surface area contributed by atoms with E-state index in [-0.39, 0.29) is 17.5 Å². The number of aromatic nitrogens is 3. The fourth-order valence-corrected chi connectivity index (χ4v) is 7.90. The molecule has 6 heterocycles. The zero-order chi connectivity index (χ0) is 25.5. The molecule has 2 bridgehead atoms. The average molecular weight is 522 g/mol. The van der Waals surface area contributed by atoms with E-state index in [1.807, 2.05) is 17.9 Å². The molecule has 3 N–H and O–H groups in total. The number of aliphatic hydroxyl groups is 1. The molecule has 1 unspecified atom stereocenters. The van der Waals surface area contributed by atoms with Crippen molar-refractivity contribution in [2.75, 3.05) is 25.5 Å². The van der Waals surface area contributed by atoms with Crippen molar-refractivity contribution in [2.45, 2.75) is 69.4 Å². The van der Waals surface area contributed by atoms with Crippen LogP contribution in [-0.4, -0.2) is 67.6 Å². The number of aryl methyl sites for hydroxylation is 1. The van der Waals surface area contributed by atoms with Crippen molar-refractivity contribution < 1.29 is 9.90 Å². The minimum absolute atomic E-state index is 0.0438. The molecular formula is C26H31N7O3S. The first kappa shape index (κ1) is 23.3. The number of anilines is 2. The number of thiophene rings is 1. The number of amides is 1. The van der Waals surface area contributed by atoms with Crippen molar-refractivity contribution in [1.29, 1.82) is 0 Å². The van der Waals surface area contributed by atoms with Crippen molar-refractivity contribution in [2.24, 2.45) is 0 Å². The van der Waals surface area contributed by atoms with Gasteiger partial charge in [0.25, 0.3) is 11.5 Å². The van der Waals surface area contributed by atoms with Gasteiger partial charge in [0.2, 0.25) is 0 Å². The summed E-state index contributed by atoms with van der Waals surface area (Å²) in [7, 11) is 2.12. The molecule has 3 atom stereocenters. The quantitative estimate of drug-likeness (QED) is 0.482. The highest BCUT2D eigenvalue weighted by Crippen LogP contribution is 2.41. The largest absolute Gasteiger partial charge is 0.373 e. The fourth-order valence-electron chi connectivity index (χ4n) is 6.95. The Bertz CT molecular complexity index is 1470. The average Bonchev–Trinajstić information content (AvgIpc) is 3.64. The van der Waals surface area contributed by atoms with Crippen LogP contribution >= 0.6 is 11.3 Å². The number of hydrogen-bond acceptors (Lipinski definition) is 9. The molecule has 194 valence electrons. The number of nitrogens with one attached hydrogen (secondary N) is 2. The smallest absolute Gasteiger partial charge is 0.276 e. The number of rotatable bonds is 3. The summed E-state index contributed by atoms with van der Waals surface area (Å²) < 4.78 is 1.77. The molecule has 11 heteroatoms. The van der Waals surface area contributed by atoms with Crippen LogP contribution in [-0.2, 0) is 5.66 Å².